The van der Waals surface area contributed by atoms with E-state index in [4.69, 9.17) is 48.9 Å². The Balaban J connectivity index is -0.000000316. The Hall–Kier alpha value is 1.65. The Bertz CT molecular complexity index is 1110. The molecule has 0 amide bonds. The van der Waals surface area contributed by atoms with Crippen molar-refractivity contribution >= 4 is 117 Å². The fourth-order valence-corrected chi connectivity index (χ4v) is 12.0. The van der Waals surface area contributed by atoms with E-state index < -0.39 is 0 Å². The Labute approximate surface area is 568 Å². The van der Waals surface area contributed by atoms with Crippen molar-refractivity contribution in [1.29, 1.82) is 0 Å². The van der Waals surface area contributed by atoms with Gasteiger partial charge < -0.3 is 19.6 Å². The van der Waals surface area contributed by atoms with E-state index in [1.54, 1.807) is 0 Å². The molecule has 0 aliphatic rings. The first-order chi connectivity index (χ1) is 38.3. The molecule has 0 aromatic rings. The fourth-order valence-electron chi connectivity index (χ4n) is 10.8. The van der Waals surface area contributed by atoms with Gasteiger partial charge in [-0.2, -0.15) is 0 Å². The van der Waals surface area contributed by atoms with Gasteiger partial charge in [0.05, 0.1) is 0 Å². The summed E-state index contributed by atoms with van der Waals surface area (Å²) in [5.41, 5.74) is 0. The van der Waals surface area contributed by atoms with Gasteiger partial charge in [-0.1, -0.05) is 314 Å². The van der Waals surface area contributed by atoms with Crippen LogP contribution in [0.25, 0.3) is 0 Å². The van der Waals surface area contributed by atoms with Crippen molar-refractivity contribution < 1.29 is 21.1 Å². The second-order valence-electron chi connectivity index (χ2n) is 24.1. The molecule has 0 aromatic carbocycles. The molecule has 0 fully saturated rings. The molecule has 81 heavy (non-hydrogen) atoms. The summed E-state index contributed by atoms with van der Waals surface area (Å²) in [5.74, 6) is 6.14. The number of unbranched alkanes of at least 4 members (excludes halogenated alkanes) is 8. The molecule has 8 atom stereocenters. The maximum Gasteiger partial charge on any atom is 0.133 e. The molecule has 0 saturated carbocycles. The van der Waals surface area contributed by atoms with E-state index in [-0.39, 0.29) is 21.1 Å². The summed E-state index contributed by atoms with van der Waals surface area (Å²) >= 11 is 39.3. The van der Waals surface area contributed by atoms with Gasteiger partial charge in [0.15, 0.2) is 0 Å². The van der Waals surface area contributed by atoms with Crippen LogP contribution in [0.1, 0.15) is 316 Å². The Kier molecular flexibility index (Phi) is 74.5. The summed E-state index contributed by atoms with van der Waals surface area (Å²) < 4.78 is 3.15. The van der Waals surface area contributed by atoms with Gasteiger partial charge >= 0.3 is 0 Å². The summed E-state index contributed by atoms with van der Waals surface area (Å²) in [6.45, 7) is 45.3. The Morgan fingerprint density at radius 1 is 0.235 bits per heavy atom. The third-order valence-corrected chi connectivity index (χ3v) is 19.4. The topological polar surface area (TPSA) is 13.0 Å². The van der Waals surface area contributed by atoms with E-state index in [0.29, 0.717) is 0 Å². The first kappa shape index (κ1) is 91.4. The van der Waals surface area contributed by atoms with Crippen molar-refractivity contribution in [3.63, 3.8) is 0 Å². The van der Waals surface area contributed by atoms with Crippen LogP contribution in [0.2, 0.25) is 0 Å². The molecular formula is C68H140MoN4S8. The van der Waals surface area contributed by atoms with Crippen LogP contribution in [0.5, 0.6) is 0 Å². The van der Waals surface area contributed by atoms with Crippen molar-refractivity contribution in [1.82, 2.24) is 19.6 Å². The zero-order valence-electron chi connectivity index (χ0n) is 56.5. The van der Waals surface area contributed by atoms with Crippen LogP contribution < -0.4 is 0 Å². The van der Waals surface area contributed by atoms with Crippen molar-refractivity contribution in [2.24, 2.45) is 47.3 Å². The summed E-state index contributed by atoms with van der Waals surface area (Å²) in [7, 11) is 0. The maximum atomic E-state index is 5.36. The molecule has 8 unspecified atom stereocenters. The van der Waals surface area contributed by atoms with E-state index in [2.05, 4.69) is 181 Å². The largest absolute Gasteiger partial charge is 0.357 e. The fraction of sp³-hybridized carbons (Fsp3) is 0.941. The van der Waals surface area contributed by atoms with Crippen molar-refractivity contribution in [3.05, 3.63) is 0 Å². The van der Waals surface area contributed by atoms with Gasteiger partial charge in [0.1, 0.15) is 17.3 Å². The smallest absolute Gasteiger partial charge is 0.133 e. The van der Waals surface area contributed by atoms with E-state index in [0.717, 1.165) is 117 Å². The summed E-state index contributed by atoms with van der Waals surface area (Å²) in [6, 6.07) is 0. The first-order valence-corrected chi connectivity index (χ1v) is 37.7. The molecule has 0 aliphatic heterocycles. The van der Waals surface area contributed by atoms with E-state index in [9.17, 15) is 0 Å². The standard InChI is InChI=1S/4C17H35NS2.Mo/c4*1-5-9-11-15(7-3)13-18(17(19)20)14-16(8-4)12-10-6-2;/h4*15-16H,5-14H2,1-4H3,(H,19,20);. The average Bonchev–Trinajstić information content (AvgIpc) is 3.45. The summed E-state index contributed by atoms with van der Waals surface area (Å²) in [6.07, 6.45) is 41.5. The van der Waals surface area contributed by atoms with Gasteiger partial charge in [-0.15, -0.1) is 50.5 Å². The predicted molar refractivity (Wildman–Crippen MR) is 399 cm³/mol. The van der Waals surface area contributed by atoms with Gasteiger partial charge in [-0.25, -0.2) is 0 Å². The van der Waals surface area contributed by atoms with Crippen molar-refractivity contribution in [2.75, 3.05) is 52.4 Å². The third kappa shape index (κ3) is 54.3. The minimum absolute atomic E-state index is 0. The van der Waals surface area contributed by atoms with Gasteiger partial charge in [0.2, 0.25) is 0 Å². The number of rotatable bonds is 48. The molecule has 0 aliphatic carbocycles. The van der Waals surface area contributed by atoms with Gasteiger partial charge in [0, 0.05) is 73.4 Å². The molecule has 13 heteroatoms. The molecule has 0 spiro atoms. The molecule has 4 nitrogen and oxygen atoms in total. The Morgan fingerprint density at radius 3 is 0.395 bits per heavy atom. The number of hydrogen-bond donors (Lipinski definition) is 4. The van der Waals surface area contributed by atoms with Gasteiger partial charge in [-0.3, -0.25) is 0 Å². The molecule has 486 valence electrons. The van der Waals surface area contributed by atoms with Crippen LogP contribution in [0.4, 0.5) is 0 Å². The number of thiocarbonyl (C=S) groups is 4. The Morgan fingerprint density at radius 2 is 0.333 bits per heavy atom. The zero-order valence-corrected chi connectivity index (χ0v) is 65.4. The second kappa shape index (κ2) is 66.1. The zero-order chi connectivity index (χ0) is 61.5. The van der Waals surface area contributed by atoms with Crippen LogP contribution in [0.3, 0.4) is 0 Å². The first-order valence-electron chi connectivity index (χ1n) is 34.2. The monoisotopic (exact) mass is 1370 g/mol. The van der Waals surface area contributed by atoms with E-state index >= 15 is 0 Å². The van der Waals surface area contributed by atoms with E-state index in [1.165, 1.54) is 205 Å². The van der Waals surface area contributed by atoms with Crippen LogP contribution >= 0.6 is 99.4 Å². The average molecular weight is 1370 g/mol. The molecular weight excluding hydrogens is 1230 g/mol. The second-order valence-corrected chi connectivity index (χ2v) is 28.5. The number of hydrogen-bond acceptors (Lipinski definition) is 4. The van der Waals surface area contributed by atoms with Crippen molar-refractivity contribution in [3.8, 4) is 0 Å². The molecule has 0 heterocycles. The van der Waals surface area contributed by atoms with Crippen LogP contribution in [-0.4, -0.2) is 89.2 Å². The van der Waals surface area contributed by atoms with Crippen LogP contribution in [0, 0.1) is 47.3 Å². The maximum absolute atomic E-state index is 5.36. The molecule has 0 rings (SSSR count). The molecule has 0 aromatic heterocycles. The normalized spacial score (nSPS) is 13.9. The van der Waals surface area contributed by atoms with Crippen LogP contribution in [0.15, 0.2) is 0 Å². The predicted octanol–water partition coefficient (Wildman–Crippen LogP) is 23.7. The van der Waals surface area contributed by atoms with Gasteiger partial charge in [0.25, 0.3) is 0 Å². The third-order valence-electron chi connectivity index (χ3n) is 17.3. The molecule has 0 radical (unpaired) electrons. The van der Waals surface area contributed by atoms with Crippen molar-refractivity contribution in [2.45, 2.75) is 316 Å². The minimum Gasteiger partial charge on any atom is -0.357 e. The van der Waals surface area contributed by atoms with Gasteiger partial charge in [-0.05, 0) is 98.7 Å². The van der Waals surface area contributed by atoms with Crippen LogP contribution in [-0.2, 0) is 21.1 Å². The minimum atomic E-state index is 0. The molecule has 0 saturated heterocycles. The summed E-state index contributed by atoms with van der Waals surface area (Å²) in [4.78, 5) is 9.41. The van der Waals surface area contributed by atoms with E-state index in [1.807, 2.05) is 0 Å². The number of nitrogens with zero attached hydrogens (tertiary/aromatic N) is 4. The summed E-state index contributed by atoms with van der Waals surface area (Å²) in [5, 5.41) is 0. The quantitative estimate of drug-likeness (QED) is 0.0270. The number of thiol groups is 4. The molecule has 0 bridgehead atoms. The molecule has 0 N–H and O–H groups in total. The SMILES string of the molecule is CCCCC(CC)CN(CC(CC)CCCC)C(=S)S.CCCCC(CC)CN(CC(CC)CCCC)C(=S)S.CCCCC(CC)CN(CC(CC)CCCC)C(=S)S.CCCCC(CC)CN(CC(CC)CCCC)C(=S)S.[Mo].